The zero-order valence-electron chi connectivity index (χ0n) is 17.2. The van der Waals surface area contributed by atoms with Crippen molar-refractivity contribution in [2.24, 2.45) is 0 Å². The molecule has 0 saturated carbocycles. The smallest absolute Gasteiger partial charge is 0.219 e. The lowest BCUT2D eigenvalue weighted by molar-refractivity contribution is -0.134. The first-order chi connectivity index (χ1) is 15.1. The van der Waals surface area contributed by atoms with Crippen molar-refractivity contribution >= 4 is 22.8 Å². The molecular weight excluding hydrogens is 390 g/mol. The van der Waals surface area contributed by atoms with E-state index >= 15 is 0 Å². The molecule has 2 N–H and O–H groups in total. The fourth-order valence-corrected chi connectivity index (χ4v) is 3.99. The summed E-state index contributed by atoms with van der Waals surface area (Å²) in [5.41, 5.74) is 10.1. The van der Waals surface area contributed by atoms with Gasteiger partial charge >= 0.3 is 0 Å². The van der Waals surface area contributed by atoms with E-state index in [-0.39, 0.29) is 11.9 Å². The lowest BCUT2D eigenvalue weighted by Gasteiger charge is -2.39. The fourth-order valence-electron chi connectivity index (χ4n) is 3.99. The van der Waals surface area contributed by atoms with Gasteiger partial charge in [0.1, 0.15) is 30.1 Å². The number of likely N-dealkylation sites (tertiary alicyclic amines) is 1. The minimum absolute atomic E-state index is 0.0883. The van der Waals surface area contributed by atoms with Gasteiger partial charge in [0.2, 0.25) is 5.91 Å². The van der Waals surface area contributed by atoms with E-state index in [1.165, 1.54) is 6.33 Å². The molecule has 4 aromatic rings. The molecule has 1 aliphatic heterocycles. The van der Waals surface area contributed by atoms with Crippen LogP contribution < -0.4 is 10.5 Å². The molecule has 5 rings (SSSR count). The predicted octanol–water partition coefficient (Wildman–Crippen LogP) is 3.66. The highest BCUT2D eigenvalue weighted by Crippen LogP contribution is 2.37. The molecule has 7 nitrogen and oxygen atoms in total. The molecule has 0 atom stereocenters. The Morgan fingerprint density at radius 1 is 1.13 bits per heavy atom. The Kier molecular flexibility index (Phi) is 4.78. The maximum absolute atomic E-state index is 11.6. The second kappa shape index (κ2) is 7.75. The number of hydrogen-bond donors (Lipinski definition) is 1. The minimum Gasteiger partial charge on any atom is -0.489 e. The van der Waals surface area contributed by atoms with Crippen LogP contribution in [0.2, 0.25) is 0 Å². The molecule has 2 aromatic heterocycles. The molecule has 0 unspecified atom stereocenters. The first-order valence-electron chi connectivity index (χ1n) is 10.2. The monoisotopic (exact) mass is 413 g/mol. The van der Waals surface area contributed by atoms with Gasteiger partial charge in [0.05, 0.1) is 11.4 Å². The van der Waals surface area contributed by atoms with Crippen molar-refractivity contribution in [3.8, 4) is 16.9 Å². The summed E-state index contributed by atoms with van der Waals surface area (Å²) in [5, 5.41) is 0.823. The largest absolute Gasteiger partial charge is 0.489 e. The average molecular weight is 413 g/mol. The van der Waals surface area contributed by atoms with E-state index < -0.39 is 0 Å². The van der Waals surface area contributed by atoms with Gasteiger partial charge in [-0.2, -0.15) is 0 Å². The van der Waals surface area contributed by atoms with Crippen molar-refractivity contribution in [2.75, 3.05) is 18.8 Å². The molecule has 156 valence electrons. The maximum Gasteiger partial charge on any atom is 0.219 e. The molecular formula is C24H23N5O2. The number of hydrogen-bond acceptors (Lipinski definition) is 5. The Bertz CT molecular complexity index is 1250. The standard InChI is InChI=1S/C24H23N5O2/c1-16(30)28-11-19(12-28)29-13-21(22-23(25)26-15-27-24(22)29)18-8-5-9-20(10-18)31-14-17-6-3-2-4-7-17/h2-10,13,15,19H,11-12,14H2,1H3,(H2,25,26,27). The molecule has 1 fully saturated rings. The first-order valence-corrected chi connectivity index (χ1v) is 10.2. The van der Waals surface area contributed by atoms with Crippen LogP contribution in [-0.4, -0.2) is 38.4 Å². The van der Waals surface area contributed by atoms with Gasteiger partial charge in [-0.25, -0.2) is 9.97 Å². The summed E-state index contributed by atoms with van der Waals surface area (Å²) in [4.78, 5) is 22.1. The molecule has 31 heavy (non-hydrogen) atoms. The van der Waals surface area contributed by atoms with E-state index in [0.29, 0.717) is 25.5 Å². The number of amides is 1. The third-order valence-electron chi connectivity index (χ3n) is 5.73. The lowest BCUT2D eigenvalue weighted by atomic mass is 10.1. The van der Waals surface area contributed by atoms with Crippen LogP contribution in [0.3, 0.4) is 0 Å². The van der Waals surface area contributed by atoms with Gasteiger partial charge < -0.3 is 19.9 Å². The number of rotatable bonds is 5. The number of fused-ring (bicyclic) bond motifs is 1. The first kappa shape index (κ1) is 19.1. The van der Waals surface area contributed by atoms with Gasteiger partial charge in [0, 0.05) is 31.8 Å². The van der Waals surface area contributed by atoms with Gasteiger partial charge in [-0.15, -0.1) is 0 Å². The highest BCUT2D eigenvalue weighted by atomic mass is 16.5. The van der Waals surface area contributed by atoms with Crippen molar-refractivity contribution in [2.45, 2.75) is 19.6 Å². The molecule has 0 bridgehead atoms. The van der Waals surface area contributed by atoms with Crippen molar-refractivity contribution in [1.82, 2.24) is 19.4 Å². The molecule has 1 amide bonds. The number of ether oxygens (including phenoxy) is 1. The molecule has 0 radical (unpaired) electrons. The molecule has 1 aliphatic rings. The van der Waals surface area contributed by atoms with Crippen LogP contribution in [0.5, 0.6) is 5.75 Å². The van der Waals surface area contributed by atoms with Crippen LogP contribution in [0.4, 0.5) is 5.82 Å². The van der Waals surface area contributed by atoms with Crippen LogP contribution in [0.15, 0.2) is 67.1 Å². The Morgan fingerprint density at radius 2 is 1.94 bits per heavy atom. The Labute approximate surface area is 180 Å². The predicted molar refractivity (Wildman–Crippen MR) is 119 cm³/mol. The normalized spacial score (nSPS) is 13.9. The number of anilines is 1. The molecule has 2 aromatic carbocycles. The van der Waals surface area contributed by atoms with Crippen LogP contribution in [0, 0.1) is 0 Å². The third kappa shape index (κ3) is 3.59. The fraction of sp³-hybridized carbons (Fsp3) is 0.208. The summed E-state index contributed by atoms with van der Waals surface area (Å²) < 4.78 is 8.12. The van der Waals surface area contributed by atoms with E-state index in [2.05, 4.69) is 20.7 Å². The quantitative estimate of drug-likeness (QED) is 0.540. The Balaban J connectivity index is 1.48. The van der Waals surface area contributed by atoms with Crippen LogP contribution in [-0.2, 0) is 11.4 Å². The van der Waals surface area contributed by atoms with Crippen molar-refractivity contribution < 1.29 is 9.53 Å². The Morgan fingerprint density at radius 3 is 2.71 bits per heavy atom. The van der Waals surface area contributed by atoms with Crippen molar-refractivity contribution in [3.63, 3.8) is 0 Å². The number of carbonyl (C=O) groups is 1. The van der Waals surface area contributed by atoms with E-state index in [1.54, 1.807) is 6.92 Å². The third-order valence-corrected chi connectivity index (χ3v) is 5.73. The van der Waals surface area contributed by atoms with Crippen LogP contribution in [0.25, 0.3) is 22.2 Å². The van der Waals surface area contributed by atoms with Gasteiger partial charge in [-0.3, -0.25) is 4.79 Å². The van der Waals surface area contributed by atoms with Gasteiger partial charge in [0.15, 0.2) is 0 Å². The highest BCUT2D eigenvalue weighted by Gasteiger charge is 2.32. The van der Waals surface area contributed by atoms with Gasteiger partial charge in [0.25, 0.3) is 0 Å². The van der Waals surface area contributed by atoms with E-state index in [9.17, 15) is 4.79 Å². The number of benzene rings is 2. The minimum atomic E-state index is 0.0883. The second-order valence-electron chi connectivity index (χ2n) is 7.79. The van der Waals surface area contributed by atoms with Gasteiger partial charge in [-0.1, -0.05) is 42.5 Å². The van der Waals surface area contributed by atoms with E-state index in [0.717, 1.165) is 33.5 Å². The zero-order chi connectivity index (χ0) is 21.4. The van der Waals surface area contributed by atoms with Crippen molar-refractivity contribution in [1.29, 1.82) is 0 Å². The summed E-state index contributed by atoms with van der Waals surface area (Å²) in [6.07, 6.45) is 3.55. The molecule has 1 saturated heterocycles. The van der Waals surface area contributed by atoms with Crippen LogP contribution in [0.1, 0.15) is 18.5 Å². The number of nitrogens with zero attached hydrogens (tertiary/aromatic N) is 4. The zero-order valence-corrected chi connectivity index (χ0v) is 17.2. The number of nitrogen functional groups attached to an aromatic ring is 1. The summed E-state index contributed by atoms with van der Waals surface area (Å²) in [7, 11) is 0. The lowest BCUT2D eigenvalue weighted by Crippen LogP contribution is -2.49. The number of carbonyl (C=O) groups excluding carboxylic acids is 1. The summed E-state index contributed by atoms with van der Waals surface area (Å²) in [6, 6.07) is 18.2. The van der Waals surface area contributed by atoms with Crippen molar-refractivity contribution in [3.05, 3.63) is 72.7 Å². The average Bonchev–Trinajstić information content (AvgIpc) is 3.13. The van der Waals surface area contributed by atoms with Crippen LogP contribution >= 0.6 is 0 Å². The molecule has 0 aliphatic carbocycles. The summed E-state index contributed by atoms with van der Waals surface area (Å²) in [6.45, 7) is 3.43. The summed E-state index contributed by atoms with van der Waals surface area (Å²) >= 11 is 0. The number of aromatic nitrogens is 3. The van der Waals surface area contributed by atoms with E-state index in [4.69, 9.17) is 10.5 Å². The second-order valence-corrected chi connectivity index (χ2v) is 7.79. The maximum atomic E-state index is 11.6. The number of nitrogens with two attached hydrogens (primary N) is 1. The molecule has 0 spiro atoms. The summed E-state index contributed by atoms with van der Waals surface area (Å²) in [5.74, 6) is 1.31. The highest BCUT2D eigenvalue weighted by molar-refractivity contribution is 6.00. The molecule has 7 heteroatoms. The Hall–Kier alpha value is -3.87. The SMILES string of the molecule is CC(=O)N1CC(n2cc(-c3cccc(OCc4ccccc4)c3)c3c(N)ncnc32)C1. The topological polar surface area (TPSA) is 86.3 Å². The molecule has 3 heterocycles. The van der Waals surface area contributed by atoms with E-state index in [1.807, 2.05) is 59.5 Å². The van der Waals surface area contributed by atoms with Gasteiger partial charge in [-0.05, 0) is 23.3 Å².